The van der Waals surface area contributed by atoms with Crippen molar-refractivity contribution in [3.8, 4) is 11.3 Å². The van der Waals surface area contributed by atoms with Gasteiger partial charge in [0.2, 0.25) is 0 Å². The minimum Gasteiger partial charge on any atom is -0.289 e. The summed E-state index contributed by atoms with van der Waals surface area (Å²) in [4.78, 5) is 24.9. The van der Waals surface area contributed by atoms with Crippen molar-refractivity contribution in [1.29, 1.82) is 0 Å². The van der Waals surface area contributed by atoms with Crippen LogP contribution in [0.1, 0.15) is 11.6 Å². The predicted octanol–water partition coefficient (Wildman–Crippen LogP) is 2.18. The van der Waals surface area contributed by atoms with Crippen LogP contribution in [0.15, 0.2) is 67.4 Å². The fourth-order valence-electron chi connectivity index (χ4n) is 2.98. The van der Waals surface area contributed by atoms with Gasteiger partial charge in [0.25, 0.3) is 5.91 Å². The van der Waals surface area contributed by atoms with Gasteiger partial charge in [-0.25, -0.2) is 20.4 Å². The summed E-state index contributed by atoms with van der Waals surface area (Å²) in [5.74, 6) is -0.538. The maximum Gasteiger partial charge on any atom is 0.268 e. The number of nitrogens with one attached hydrogen (secondary N) is 1. The number of pyridine rings is 1. The number of aromatic nitrogens is 5. The quantitative estimate of drug-likeness (QED) is 0.417. The molecule has 0 aliphatic carbocycles. The summed E-state index contributed by atoms with van der Waals surface area (Å²) < 4.78 is 1.58. The zero-order valence-corrected chi connectivity index (χ0v) is 14.2. The van der Waals surface area contributed by atoms with Crippen molar-refractivity contribution < 1.29 is 10.0 Å². The molecule has 134 valence electrons. The van der Waals surface area contributed by atoms with Gasteiger partial charge >= 0.3 is 0 Å². The van der Waals surface area contributed by atoms with E-state index in [0.29, 0.717) is 23.1 Å². The van der Waals surface area contributed by atoms with Crippen molar-refractivity contribution in [2.24, 2.45) is 0 Å². The van der Waals surface area contributed by atoms with E-state index in [-0.39, 0.29) is 0 Å². The van der Waals surface area contributed by atoms with Crippen molar-refractivity contribution in [3.63, 3.8) is 0 Å². The van der Waals surface area contributed by atoms with Crippen molar-refractivity contribution in [2.75, 3.05) is 0 Å². The van der Waals surface area contributed by atoms with E-state index in [4.69, 9.17) is 0 Å². The Labute approximate surface area is 154 Å². The van der Waals surface area contributed by atoms with Gasteiger partial charge < -0.3 is 0 Å². The number of amides is 1. The highest BCUT2D eigenvalue weighted by atomic mass is 16.5. The first-order valence-electron chi connectivity index (χ1n) is 8.34. The summed E-state index contributed by atoms with van der Waals surface area (Å²) in [5, 5.41) is 13.5. The van der Waals surface area contributed by atoms with Gasteiger partial charge in [-0.3, -0.25) is 14.7 Å². The average Bonchev–Trinajstić information content (AvgIpc) is 3.16. The highest BCUT2D eigenvalue weighted by molar-refractivity contribution is 5.83. The first-order valence-corrected chi connectivity index (χ1v) is 8.34. The topological polar surface area (TPSA) is 106 Å². The monoisotopic (exact) mass is 360 g/mol. The summed E-state index contributed by atoms with van der Waals surface area (Å²) in [6, 6.07) is 12.5. The van der Waals surface area contributed by atoms with Crippen LogP contribution in [0.25, 0.3) is 22.3 Å². The smallest absolute Gasteiger partial charge is 0.268 e. The Morgan fingerprint density at radius 2 is 1.85 bits per heavy atom. The summed E-state index contributed by atoms with van der Waals surface area (Å²) in [6.45, 7) is 0. The zero-order valence-electron chi connectivity index (χ0n) is 14.2. The van der Waals surface area contributed by atoms with Crippen molar-refractivity contribution in [3.05, 3.63) is 72.9 Å². The molecule has 1 aromatic carbocycles. The van der Waals surface area contributed by atoms with Gasteiger partial charge in [-0.1, -0.05) is 30.3 Å². The van der Waals surface area contributed by atoms with E-state index >= 15 is 0 Å². The molecule has 2 N–H and O–H groups in total. The van der Waals surface area contributed by atoms with E-state index in [1.807, 2.05) is 42.5 Å². The van der Waals surface area contributed by atoms with E-state index < -0.39 is 11.9 Å². The Hall–Kier alpha value is -3.65. The Morgan fingerprint density at radius 1 is 1.07 bits per heavy atom. The Kier molecular flexibility index (Phi) is 4.54. The molecule has 27 heavy (non-hydrogen) atoms. The van der Waals surface area contributed by atoms with E-state index in [9.17, 15) is 10.0 Å². The summed E-state index contributed by atoms with van der Waals surface area (Å²) in [5.41, 5.74) is 5.54. The Bertz CT molecular complexity index is 1070. The zero-order chi connectivity index (χ0) is 18.6. The Morgan fingerprint density at radius 3 is 2.59 bits per heavy atom. The lowest BCUT2D eigenvalue weighted by Gasteiger charge is -2.16. The standard InChI is InChI=1S/C19H16N6O2/c26-19(24-27)18(8-13-4-2-1-3-5-13)25-17-7-6-15(23-16(17)11-22-25)14-9-20-12-21-10-14/h1-7,9-12,18,27H,8H2,(H,24,26). The highest BCUT2D eigenvalue weighted by Gasteiger charge is 2.23. The third kappa shape index (κ3) is 3.38. The molecule has 4 aromatic rings. The minimum atomic E-state index is -0.706. The van der Waals surface area contributed by atoms with E-state index in [1.165, 1.54) is 6.33 Å². The SMILES string of the molecule is O=C(NO)C(Cc1ccccc1)n1ncc2nc(-c3cncnc3)ccc21. The lowest BCUT2D eigenvalue weighted by Crippen LogP contribution is -2.32. The second kappa shape index (κ2) is 7.30. The van der Waals surface area contributed by atoms with E-state index in [0.717, 1.165) is 11.1 Å². The van der Waals surface area contributed by atoms with E-state index in [1.54, 1.807) is 28.8 Å². The molecule has 1 amide bonds. The summed E-state index contributed by atoms with van der Waals surface area (Å²) >= 11 is 0. The number of carbonyl (C=O) groups excluding carboxylic acids is 1. The summed E-state index contributed by atoms with van der Waals surface area (Å²) in [7, 11) is 0. The van der Waals surface area contributed by atoms with Crippen LogP contribution in [0, 0.1) is 0 Å². The second-order valence-corrected chi connectivity index (χ2v) is 6.00. The van der Waals surface area contributed by atoms with Crippen LogP contribution in [0.5, 0.6) is 0 Å². The van der Waals surface area contributed by atoms with Crippen molar-refractivity contribution in [2.45, 2.75) is 12.5 Å². The molecule has 8 heteroatoms. The fourth-order valence-corrected chi connectivity index (χ4v) is 2.98. The molecule has 4 rings (SSSR count). The molecule has 8 nitrogen and oxygen atoms in total. The molecule has 0 aliphatic heterocycles. The molecule has 3 heterocycles. The molecular formula is C19H16N6O2. The first kappa shape index (κ1) is 16.8. The number of hydrogen-bond acceptors (Lipinski definition) is 6. The van der Waals surface area contributed by atoms with Gasteiger partial charge in [-0.2, -0.15) is 5.10 Å². The van der Waals surface area contributed by atoms with Gasteiger partial charge in [-0.05, 0) is 17.7 Å². The van der Waals surface area contributed by atoms with Gasteiger partial charge in [0.1, 0.15) is 17.9 Å². The summed E-state index contributed by atoms with van der Waals surface area (Å²) in [6.07, 6.45) is 6.82. The number of rotatable bonds is 5. The average molecular weight is 360 g/mol. The molecule has 0 spiro atoms. The van der Waals surface area contributed by atoms with E-state index in [2.05, 4.69) is 20.1 Å². The number of nitrogens with zero attached hydrogens (tertiary/aromatic N) is 5. The maximum atomic E-state index is 12.3. The lowest BCUT2D eigenvalue weighted by atomic mass is 10.1. The minimum absolute atomic E-state index is 0.387. The van der Waals surface area contributed by atoms with Crippen LogP contribution >= 0.6 is 0 Å². The van der Waals surface area contributed by atoms with Gasteiger partial charge in [0.15, 0.2) is 0 Å². The second-order valence-electron chi connectivity index (χ2n) is 6.00. The molecule has 0 aliphatic rings. The molecule has 0 fully saturated rings. The van der Waals surface area contributed by atoms with Gasteiger partial charge in [-0.15, -0.1) is 0 Å². The number of hydrogen-bond donors (Lipinski definition) is 2. The van der Waals surface area contributed by atoms with Crippen molar-refractivity contribution in [1.82, 2.24) is 30.2 Å². The first-order chi connectivity index (χ1) is 13.3. The van der Waals surface area contributed by atoms with Crippen LogP contribution in [0.3, 0.4) is 0 Å². The van der Waals surface area contributed by atoms with Crippen LogP contribution < -0.4 is 5.48 Å². The fraction of sp³-hybridized carbons (Fsp3) is 0.105. The Balaban J connectivity index is 1.73. The maximum absolute atomic E-state index is 12.3. The number of carbonyl (C=O) groups is 1. The van der Waals surface area contributed by atoms with Gasteiger partial charge in [0.05, 0.1) is 17.4 Å². The van der Waals surface area contributed by atoms with Crippen LogP contribution in [-0.4, -0.2) is 35.8 Å². The third-order valence-corrected chi connectivity index (χ3v) is 4.29. The molecule has 0 bridgehead atoms. The third-order valence-electron chi connectivity index (χ3n) is 4.29. The predicted molar refractivity (Wildman–Crippen MR) is 97.7 cm³/mol. The number of benzene rings is 1. The van der Waals surface area contributed by atoms with Crippen LogP contribution in [0.4, 0.5) is 0 Å². The largest absolute Gasteiger partial charge is 0.289 e. The van der Waals surface area contributed by atoms with Gasteiger partial charge in [0, 0.05) is 24.4 Å². The lowest BCUT2D eigenvalue weighted by molar-refractivity contribution is -0.132. The molecule has 1 unspecified atom stereocenters. The molecule has 1 atom stereocenters. The molecular weight excluding hydrogens is 344 g/mol. The van der Waals surface area contributed by atoms with Crippen LogP contribution in [-0.2, 0) is 11.2 Å². The van der Waals surface area contributed by atoms with Crippen LogP contribution in [0.2, 0.25) is 0 Å². The van der Waals surface area contributed by atoms with Crippen molar-refractivity contribution >= 4 is 16.9 Å². The highest BCUT2D eigenvalue weighted by Crippen LogP contribution is 2.23. The number of hydroxylamine groups is 1. The molecule has 0 saturated heterocycles. The molecule has 3 aromatic heterocycles. The molecule has 0 saturated carbocycles. The normalized spacial score (nSPS) is 12.0. The molecule has 0 radical (unpaired) electrons. The number of fused-ring (bicyclic) bond motifs is 1.